The molecular weight excluding hydrogens is 292 g/mol. The third-order valence-electron chi connectivity index (χ3n) is 4.88. The molecule has 0 aliphatic carbocycles. The van der Waals surface area contributed by atoms with Crippen LogP contribution in [0.4, 0.5) is 0 Å². The number of fused-ring (bicyclic) bond motifs is 16. The van der Waals surface area contributed by atoms with Crippen molar-refractivity contribution >= 4 is 0 Å². The van der Waals surface area contributed by atoms with Crippen LogP contribution in [-0.2, 0) is 9.47 Å². The predicted octanol–water partition coefficient (Wildman–Crippen LogP) is -0.0955. The van der Waals surface area contributed by atoms with Crippen molar-refractivity contribution in [1.29, 1.82) is 0 Å². The molecule has 23 heavy (non-hydrogen) atoms. The Morgan fingerprint density at radius 1 is 0.478 bits per heavy atom. The van der Waals surface area contributed by atoms with Crippen molar-refractivity contribution in [3.05, 3.63) is 0 Å². The van der Waals surface area contributed by atoms with Crippen molar-refractivity contribution in [2.75, 3.05) is 106 Å². The van der Waals surface area contributed by atoms with Crippen LogP contribution in [0.15, 0.2) is 0 Å². The fourth-order valence-corrected chi connectivity index (χ4v) is 3.11. The minimum atomic E-state index is 0.831. The lowest BCUT2D eigenvalue weighted by atomic mass is 10.3. The minimum absolute atomic E-state index is 0.831. The fourth-order valence-electron chi connectivity index (χ4n) is 3.11. The molecule has 0 saturated carbocycles. The second kappa shape index (κ2) is 11.3. The standard InChI is InChI=1S/C17H36N4O2/c1-18-4-3-5-19(2)7-9-21-12-16-22-14-10-20(8-6-18)11-15-23-17-13-21/h3-17H2,1-2H3. The van der Waals surface area contributed by atoms with E-state index in [0.29, 0.717) is 0 Å². The Labute approximate surface area is 142 Å². The van der Waals surface area contributed by atoms with Crippen LogP contribution in [0, 0.1) is 0 Å². The summed E-state index contributed by atoms with van der Waals surface area (Å²) in [7, 11) is 4.47. The Kier molecular flexibility index (Phi) is 9.41. The highest BCUT2D eigenvalue weighted by Crippen LogP contribution is 1.99. The molecule has 0 aromatic carbocycles. The molecular formula is C17H36N4O2. The van der Waals surface area contributed by atoms with Crippen molar-refractivity contribution < 1.29 is 9.47 Å². The largest absolute Gasteiger partial charge is 0.379 e. The molecule has 0 amide bonds. The van der Waals surface area contributed by atoms with E-state index in [4.69, 9.17) is 9.47 Å². The van der Waals surface area contributed by atoms with Gasteiger partial charge in [-0.3, -0.25) is 9.80 Å². The maximum Gasteiger partial charge on any atom is 0.0594 e. The van der Waals surface area contributed by atoms with Crippen LogP contribution in [-0.4, -0.2) is 126 Å². The third-order valence-corrected chi connectivity index (χ3v) is 4.88. The second-order valence-corrected chi connectivity index (χ2v) is 6.87. The third kappa shape index (κ3) is 8.42. The average molecular weight is 329 g/mol. The van der Waals surface area contributed by atoms with E-state index in [1.165, 1.54) is 19.5 Å². The van der Waals surface area contributed by atoms with Crippen LogP contribution in [0.3, 0.4) is 0 Å². The summed E-state index contributed by atoms with van der Waals surface area (Å²) in [5, 5.41) is 0. The summed E-state index contributed by atoms with van der Waals surface area (Å²) in [5.41, 5.74) is 0. The fraction of sp³-hybridized carbons (Fsp3) is 1.00. The van der Waals surface area contributed by atoms with Crippen LogP contribution in [0.2, 0.25) is 0 Å². The molecule has 0 N–H and O–H groups in total. The Balaban J connectivity index is 1.94. The summed E-state index contributed by atoms with van der Waals surface area (Å²) in [6.07, 6.45) is 1.25. The Bertz CT molecular complexity index is 266. The Hall–Kier alpha value is -0.240. The quantitative estimate of drug-likeness (QED) is 0.618. The van der Waals surface area contributed by atoms with Gasteiger partial charge in [0, 0.05) is 52.4 Å². The van der Waals surface area contributed by atoms with Gasteiger partial charge in [0.25, 0.3) is 0 Å². The first-order chi connectivity index (χ1) is 11.2. The molecule has 0 unspecified atom stereocenters. The van der Waals surface area contributed by atoms with Gasteiger partial charge in [0.2, 0.25) is 0 Å². The summed E-state index contributed by atoms with van der Waals surface area (Å²) in [6, 6.07) is 0. The average Bonchev–Trinajstić information content (AvgIpc) is 2.52. The topological polar surface area (TPSA) is 31.4 Å². The van der Waals surface area contributed by atoms with Crippen LogP contribution in [0.5, 0.6) is 0 Å². The number of likely N-dealkylation sites (N-methyl/N-ethyl adjacent to an activating group) is 2. The van der Waals surface area contributed by atoms with Crippen LogP contribution >= 0.6 is 0 Å². The van der Waals surface area contributed by atoms with E-state index >= 15 is 0 Å². The molecule has 0 radical (unpaired) electrons. The first-order valence-corrected chi connectivity index (χ1v) is 9.21. The van der Waals surface area contributed by atoms with Gasteiger partial charge in [-0.05, 0) is 33.6 Å². The molecule has 0 aromatic heterocycles. The zero-order valence-electron chi connectivity index (χ0n) is 15.2. The van der Waals surface area contributed by atoms with Gasteiger partial charge in [-0.2, -0.15) is 0 Å². The molecule has 136 valence electrons. The van der Waals surface area contributed by atoms with Gasteiger partial charge in [-0.25, -0.2) is 0 Å². The Morgan fingerprint density at radius 2 is 0.870 bits per heavy atom. The number of ether oxygens (including phenoxy) is 2. The van der Waals surface area contributed by atoms with Gasteiger partial charge >= 0.3 is 0 Å². The molecule has 3 rings (SSSR count). The van der Waals surface area contributed by atoms with Crippen LogP contribution < -0.4 is 0 Å². The van der Waals surface area contributed by atoms with Gasteiger partial charge in [-0.1, -0.05) is 0 Å². The van der Waals surface area contributed by atoms with Gasteiger partial charge in [0.15, 0.2) is 0 Å². The molecule has 6 nitrogen and oxygen atoms in total. The summed E-state index contributed by atoms with van der Waals surface area (Å²) in [6.45, 7) is 14.2. The van der Waals surface area contributed by atoms with Gasteiger partial charge in [0.1, 0.15) is 0 Å². The van der Waals surface area contributed by atoms with E-state index in [1.54, 1.807) is 0 Å². The summed E-state index contributed by atoms with van der Waals surface area (Å²) in [5.74, 6) is 0. The van der Waals surface area contributed by atoms with E-state index in [-0.39, 0.29) is 0 Å². The number of rotatable bonds is 0. The normalized spacial score (nSPS) is 32.1. The van der Waals surface area contributed by atoms with E-state index in [1.807, 2.05) is 0 Å². The minimum Gasteiger partial charge on any atom is -0.379 e. The highest BCUT2D eigenvalue weighted by Gasteiger charge is 2.12. The molecule has 2 bridgehead atoms. The van der Waals surface area contributed by atoms with Crippen molar-refractivity contribution in [2.45, 2.75) is 6.42 Å². The first kappa shape index (κ1) is 19.1. The van der Waals surface area contributed by atoms with Crippen molar-refractivity contribution in [1.82, 2.24) is 19.6 Å². The zero-order valence-corrected chi connectivity index (χ0v) is 15.2. The first-order valence-electron chi connectivity index (χ1n) is 9.21. The summed E-state index contributed by atoms with van der Waals surface area (Å²) >= 11 is 0. The zero-order chi connectivity index (χ0) is 16.3. The Morgan fingerprint density at radius 3 is 1.26 bits per heavy atom. The predicted molar refractivity (Wildman–Crippen MR) is 94.1 cm³/mol. The lowest BCUT2D eigenvalue weighted by Crippen LogP contribution is -2.41. The lowest BCUT2D eigenvalue weighted by Gasteiger charge is -2.29. The molecule has 6 heteroatoms. The van der Waals surface area contributed by atoms with Crippen molar-refractivity contribution in [2.24, 2.45) is 0 Å². The lowest BCUT2D eigenvalue weighted by molar-refractivity contribution is 0.0334. The maximum absolute atomic E-state index is 5.87. The highest BCUT2D eigenvalue weighted by atomic mass is 16.5. The number of hydrogen-bond donors (Lipinski definition) is 0. The number of hydrogen-bond acceptors (Lipinski definition) is 6. The molecule has 0 spiro atoms. The van der Waals surface area contributed by atoms with Gasteiger partial charge < -0.3 is 19.3 Å². The van der Waals surface area contributed by atoms with Crippen molar-refractivity contribution in [3.63, 3.8) is 0 Å². The summed E-state index contributed by atoms with van der Waals surface area (Å²) in [4.78, 5) is 9.86. The van der Waals surface area contributed by atoms with E-state index in [0.717, 1.165) is 78.8 Å². The maximum atomic E-state index is 5.87. The molecule has 3 fully saturated rings. The van der Waals surface area contributed by atoms with E-state index < -0.39 is 0 Å². The van der Waals surface area contributed by atoms with Gasteiger partial charge in [0.05, 0.1) is 26.4 Å². The van der Waals surface area contributed by atoms with Crippen molar-refractivity contribution in [3.8, 4) is 0 Å². The van der Waals surface area contributed by atoms with E-state index in [2.05, 4.69) is 33.7 Å². The molecule has 3 heterocycles. The molecule has 3 aliphatic rings. The van der Waals surface area contributed by atoms with Gasteiger partial charge in [-0.15, -0.1) is 0 Å². The highest BCUT2D eigenvalue weighted by molar-refractivity contribution is 4.66. The monoisotopic (exact) mass is 328 g/mol. The second-order valence-electron chi connectivity index (χ2n) is 6.87. The molecule has 3 aliphatic heterocycles. The van der Waals surface area contributed by atoms with Crippen LogP contribution in [0.25, 0.3) is 0 Å². The molecule has 3 saturated heterocycles. The van der Waals surface area contributed by atoms with E-state index in [9.17, 15) is 0 Å². The summed E-state index contributed by atoms with van der Waals surface area (Å²) < 4.78 is 11.7. The smallest absolute Gasteiger partial charge is 0.0594 e. The number of nitrogens with zero attached hydrogens (tertiary/aromatic N) is 4. The van der Waals surface area contributed by atoms with Crippen LogP contribution in [0.1, 0.15) is 6.42 Å². The SMILES string of the molecule is CN1CCCN(C)CCN2CCOCCN(CCOCC2)CC1. The molecule has 0 atom stereocenters. The molecule has 0 aromatic rings.